The highest BCUT2D eigenvalue weighted by Gasteiger charge is 2.30. The third-order valence-corrected chi connectivity index (χ3v) is 15.6. The van der Waals surface area contributed by atoms with Gasteiger partial charge in [0.25, 0.3) is 0 Å². The number of carbonyl (C=O) groups is 2. The lowest BCUT2D eigenvalue weighted by atomic mass is 10.0. The standard InChI is InChI=1S/C70H127N2O7P/c1-7-10-13-16-19-22-25-28-30-31-32-33-34-35-36-37-38-39-40-41-43-44-47-50-53-56-59-62-69(73)71-67(66-78-80(75,76)77-65-64-72(4,5)6)68(61-58-55-52-49-46-27-24-21-18-15-12-9-3)79-70(74)63-60-57-54-51-48-45-42-29-26-23-20-17-14-11-8-2/h19-20,22-23,26,28-30,32-33,35-36,58,61,67-68H,7-18,21,24-25,27,31,34,37-57,59-60,62-66H2,1-6H3,(H-,71,73,75,76)/p+1/b22-19-,23-20+,29-26+,30-28-,33-32-,36-35-,61-58-. The molecule has 1 amide bonds. The number of phosphoric acid groups is 1. The van der Waals surface area contributed by atoms with Crippen LogP contribution in [0.5, 0.6) is 0 Å². The molecule has 0 aromatic rings. The highest BCUT2D eigenvalue weighted by atomic mass is 31.2. The summed E-state index contributed by atoms with van der Waals surface area (Å²) in [4.78, 5) is 37.8. The normalized spacial score (nSPS) is 14.1. The fraction of sp³-hybridized carbons (Fsp3) is 0.771. The zero-order valence-corrected chi connectivity index (χ0v) is 54.0. The number of quaternary nitrogens is 1. The molecule has 0 bridgehead atoms. The first-order valence-electron chi connectivity index (χ1n) is 33.4. The Morgan fingerprint density at radius 3 is 1.24 bits per heavy atom. The first-order chi connectivity index (χ1) is 38.9. The van der Waals surface area contributed by atoms with Gasteiger partial charge in [0.1, 0.15) is 19.3 Å². The van der Waals surface area contributed by atoms with Gasteiger partial charge in [-0.1, -0.05) is 267 Å². The molecule has 0 spiro atoms. The molecule has 0 fully saturated rings. The van der Waals surface area contributed by atoms with Crippen molar-refractivity contribution in [2.24, 2.45) is 0 Å². The number of allylic oxidation sites excluding steroid dienone is 13. The van der Waals surface area contributed by atoms with E-state index in [1.165, 1.54) is 167 Å². The third-order valence-electron chi connectivity index (χ3n) is 14.6. The lowest BCUT2D eigenvalue weighted by Crippen LogP contribution is -2.47. The molecule has 0 aromatic carbocycles. The summed E-state index contributed by atoms with van der Waals surface area (Å²) in [6.45, 7) is 6.95. The van der Waals surface area contributed by atoms with Gasteiger partial charge < -0.3 is 19.4 Å². The van der Waals surface area contributed by atoms with Crippen molar-refractivity contribution in [2.45, 2.75) is 309 Å². The predicted molar refractivity (Wildman–Crippen MR) is 346 cm³/mol. The Balaban J connectivity index is 5.09. The lowest BCUT2D eigenvalue weighted by molar-refractivity contribution is -0.870. The topological polar surface area (TPSA) is 111 Å². The number of unbranched alkanes of at least 4 members (excludes halogenated alkanes) is 33. The van der Waals surface area contributed by atoms with Gasteiger partial charge in [0.2, 0.25) is 5.91 Å². The second-order valence-electron chi connectivity index (χ2n) is 23.7. The summed E-state index contributed by atoms with van der Waals surface area (Å²) >= 11 is 0. The molecular weight excluding hydrogens is 1010 g/mol. The highest BCUT2D eigenvalue weighted by Crippen LogP contribution is 2.43. The van der Waals surface area contributed by atoms with Crippen molar-refractivity contribution in [3.8, 4) is 0 Å². The number of hydrogen-bond donors (Lipinski definition) is 2. The van der Waals surface area contributed by atoms with Gasteiger partial charge in [-0.2, -0.15) is 0 Å². The van der Waals surface area contributed by atoms with Gasteiger partial charge in [0.05, 0.1) is 33.8 Å². The van der Waals surface area contributed by atoms with E-state index in [-0.39, 0.29) is 31.5 Å². The number of rotatable bonds is 60. The van der Waals surface area contributed by atoms with E-state index in [0.29, 0.717) is 17.4 Å². The van der Waals surface area contributed by atoms with Gasteiger partial charge >= 0.3 is 13.8 Å². The van der Waals surface area contributed by atoms with Crippen molar-refractivity contribution in [1.82, 2.24) is 5.32 Å². The predicted octanol–water partition coefficient (Wildman–Crippen LogP) is 21.0. The molecule has 2 N–H and O–H groups in total. The van der Waals surface area contributed by atoms with Crippen molar-refractivity contribution in [1.29, 1.82) is 0 Å². The largest absolute Gasteiger partial charge is 0.472 e. The molecule has 0 rings (SSSR count). The monoisotopic (exact) mass is 1140 g/mol. The Labute approximate surface area is 495 Å². The number of ether oxygens (including phenoxy) is 1. The number of esters is 1. The van der Waals surface area contributed by atoms with Crippen molar-refractivity contribution < 1.29 is 37.3 Å². The number of carbonyl (C=O) groups excluding carboxylic acids is 2. The molecule has 0 radical (unpaired) electrons. The molecular formula is C70H128N2O7P+. The summed E-state index contributed by atoms with van der Waals surface area (Å²) in [5.41, 5.74) is 0. The van der Waals surface area contributed by atoms with E-state index in [1.54, 1.807) is 0 Å². The Kier molecular flexibility index (Phi) is 57.3. The smallest absolute Gasteiger partial charge is 0.456 e. The first-order valence-corrected chi connectivity index (χ1v) is 34.9. The van der Waals surface area contributed by atoms with Crippen molar-refractivity contribution in [3.05, 3.63) is 85.1 Å². The summed E-state index contributed by atoms with van der Waals surface area (Å²) in [7, 11) is 1.48. The zero-order chi connectivity index (χ0) is 58.6. The van der Waals surface area contributed by atoms with E-state index in [0.717, 1.165) is 96.3 Å². The van der Waals surface area contributed by atoms with Crippen LogP contribution in [0.4, 0.5) is 0 Å². The number of likely N-dealkylation sites (N-methyl/N-ethyl adjacent to an activating group) is 1. The lowest BCUT2D eigenvalue weighted by Gasteiger charge is -2.27. The van der Waals surface area contributed by atoms with E-state index < -0.39 is 20.0 Å². The first kappa shape index (κ1) is 77.2. The van der Waals surface area contributed by atoms with Gasteiger partial charge in [0, 0.05) is 12.8 Å². The molecule has 10 heteroatoms. The number of nitrogens with one attached hydrogen (secondary N) is 1. The summed E-state index contributed by atoms with van der Waals surface area (Å²) in [5.74, 6) is -0.519. The van der Waals surface area contributed by atoms with E-state index in [9.17, 15) is 19.0 Å². The molecule has 464 valence electrons. The van der Waals surface area contributed by atoms with Crippen LogP contribution >= 0.6 is 7.82 Å². The second-order valence-corrected chi connectivity index (χ2v) is 25.1. The summed E-state index contributed by atoms with van der Waals surface area (Å²) in [5, 5.41) is 3.06. The van der Waals surface area contributed by atoms with E-state index in [1.807, 2.05) is 33.3 Å². The van der Waals surface area contributed by atoms with Gasteiger partial charge in [-0.05, 0) is 102 Å². The van der Waals surface area contributed by atoms with Crippen LogP contribution in [-0.4, -0.2) is 74.3 Å². The molecule has 80 heavy (non-hydrogen) atoms. The Morgan fingerprint density at radius 1 is 0.450 bits per heavy atom. The molecule has 3 unspecified atom stereocenters. The van der Waals surface area contributed by atoms with Crippen LogP contribution in [-0.2, 0) is 27.9 Å². The van der Waals surface area contributed by atoms with Crippen LogP contribution in [0, 0.1) is 0 Å². The molecule has 0 aliphatic rings. The fourth-order valence-corrected chi connectivity index (χ4v) is 10.1. The number of hydrogen-bond acceptors (Lipinski definition) is 6. The van der Waals surface area contributed by atoms with Crippen LogP contribution in [0.1, 0.15) is 297 Å². The summed E-state index contributed by atoms with van der Waals surface area (Å²) < 4.78 is 30.7. The Bertz CT molecular complexity index is 1640. The molecule has 0 saturated carbocycles. The van der Waals surface area contributed by atoms with Crippen LogP contribution in [0.3, 0.4) is 0 Å². The van der Waals surface area contributed by atoms with Gasteiger partial charge in [-0.15, -0.1) is 0 Å². The Hall–Kier alpha value is -2.81. The van der Waals surface area contributed by atoms with Crippen molar-refractivity contribution in [2.75, 3.05) is 40.9 Å². The molecule has 0 aromatic heterocycles. The third kappa shape index (κ3) is 59.8. The van der Waals surface area contributed by atoms with Gasteiger partial charge in [0.15, 0.2) is 0 Å². The second kappa shape index (κ2) is 59.4. The zero-order valence-electron chi connectivity index (χ0n) is 53.1. The maximum atomic E-state index is 13.6. The molecule has 3 atom stereocenters. The van der Waals surface area contributed by atoms with E-state index >= 15 is 0 Å². The molecule has 0 aliphatic carbocycles. The minimum atomic E-state index is -4.46. The average Bonchev–Trinajstić information content (AvgIpc) is 3.42. The quantitative estimate of drug-likeness (QED) is 0.0156. The maximum Gasteiger partial charge on any atom is 0.472 e. The maximum absolute atomic E-state index is 13.6. The van der Waals surface area contributed by atoms with Crippen LogP contribution in [0.25, 0.3) is 0 Å². The molecule has 0 saturated heterocycles. The van der Waals surface area contributed by atoms with Gasteiger partial charge in [-0.3, -0.25) is 18.6 Å². The molecule has 0 aliphatic heterocycles. The van der Waals surface area contributed by atoms with Crippen LogP contribution < -0.4 is 5.32 Å². The van der Waals surface area contributed by atoms with Gasteiger partial charge in [-0.25, -0.2) is 4.57 Å². The SMILES string of the molecule is CCCCC/C=C\C/C=C\C/C=C\C/C=C\CCCCCCCCCCCCCC(=O)NC(COP(=O)(O)OCC[N+](C)(C)C)C(/C=C\CCCCCCCCCCCC)OC(=O)CCCCCCCC/C=C/C=C/CCCCC. The van der Waals surface area contributed by atoms with Crippen LogP contribution in [0.15, 0.2) is 85.1 Å². The summed E-state index contributed by atoms with van der Waals surface area (Å²) in [6, 6.07) is -0.859. The molecule has 0 heterocycles. The number of nitrogens with zero attached hydrogens (tertiary/aromatic N) is 1. The van der Waals surface area contributed by atoms with Crippen molar-refractivity contribution >= 4 is 19.7 Å². The minimum Gasteiger partial charge on any atom is -0.456 e. The van der Waals surface area contributed by atoms with Crippen molar-refractivity contribution in [3.63, 3.8) is 0 Å². The van der Waals surface area contributed by atoms with Crippen LogP contribution in [0.2, 0.25) is 0 Å². The number of amides is 1. The van der Waals surface area contributed by atoms with E-state index in [2.05, 4.69) is 99.0 Å². The Morgan fingerprint density at radius 2 is 0.800 bits per heavy atom. The van der Waals surface area contributed by atoms with E-state index in [4.69, 9.17) is 13.8 Å². The highest BCUT2D eigenvalue weighted by molar-refractivity contribution is 7.47. The number of phosphoric ester groups is 1. The summed E-state index contributed by atoms with van der Waals surface area (Å²) in [6.07, 6.45) is 78.7. The fourth-order valence-electron chi connectivity index (χ4n) is 9.39. The minimum absolute atomic E-state index is 0.0349. The molecule has 9 nitrogen and oxygen atoms in total. The average molecular weight is 1140 g/mol.